The van der Waals surface area contributed by atoms with Crippen molar-refractivity contribution in [1.29, 1.82) is 0 Å². The Morgan fingerprint density at radius 3 is 0.909 bits per heavy atom. The average Bonchev–Trinajstić information content (AvgIpc) is 3.43. The minimum Gasteiger partial charge on any atom is -0.394 e. The van der Waals surface area contributed by atoms with Gasteiger partial charge in [0, 0.05) is 6.42 Å². The first-order valence-corrected chi connectivity index (χ1v) is 32.2. The Kier molecular flexibility index (Phi) is 62.9. The number of unbranched alkanes of at least 4 members (excludes halogenated alkanes) is 26. The van der Waals surface area contributed by atoms with E-state index in [1.807, 2.05) is 6.08 Å². The van der Waals surface area contributed by atoms with Crippen molar-refractivity contribution in [2.24, 2.45) is 0 Å². The summed E-state index contributed by atoms with van der Waals surface area (Å²) < 4.78 is 0. The zero-order valence-corrected chi connectivity index (χ0v) is 50.2. The van der Waals surface area contributed by atoms with Crippen molar-refractivity contribution in [3.05, 3.63) is 158 Å². The highest BCUT2D eigenvalue weighted by atomic mass is 16.3. The molecule has 0 aliphatic rings. The minimum atomic E-state index is -0.884. The molecule has 0 bridgehead atoms. The average molecular weight is 1060 g/mol. The molecule has 2 unspecified atom stereocenters. The van der Waals surface area contributed by atoms with E-state index in [-0.39, 0.29) is 12.5 Å². The van der Waals surface area contributed by atoms with Gasteiger partial charge in [-0.2, -0.15) is 0 Å². The fourth-order valence-electron chi connectivity index (χ4n) is 8.89. The highest BCUT2D eigenvalue weighted by Crippen LogP contribution is 2.15. The van der Waals surface area contributed by atoms with Crippen molar-refractivity contribution >= 4 is 5.91 Å². The zero-order valence-electron chi connectivity index (χ0n) is 50.2. The summed E-state index contributed by atoms with van der Waals surface area (Å²) in [6.07, 6.45) is 106. The molecule has 4 nitrogen and oxygen atoms in total. The molecule has 3 N–H and O–H groups in total. The van der Waals surface area contributed by atoms with Gasteiger partial charge in [0.2, 0.25) is 5.91 Å². The van der Waals surface area contributed by atoms with Crippen LogP contribution in [0.3, 0.4) is 0 Å². The van der Waals surface area contributed by atoms with E-state index in [1.54, 1.807) is 6.08 Å². The standard InChI is InChI=1S/C73H121NO3/c1-3-5-7-9-11-13-15-17-19-21-23-25-27-29-30-31-32-33-34-35-36-37-38-39-40-41-42-43-44-45-47-49-51-53-55-57-59-61-63-65-67-69-73(77)74-71(70-75)72(76)68-66-64-62-60-58-56-54-52-50-48-46-28-26-24-22-20-18-16-14-12-10-8-6-4-2/h5,7,11,13,17,19,23,25,29-30,32-33,35-36,38-39,41-42,44-45,50,52,58,60,66,68,71-72,75-76H,3-4,6,8-10,12,14-16,18,20-22,24,26-28,31,34,37,40,43,46-49,51,53-57,59,61-65,67,69-70H2,1-2H3,(H,74,77)/b7-5-,13-11-,19-17-,25-23-,30-29-,33-32-,36-35-,39-38-,42-41-,45-44-,52-50+,60-58+,68-66+. The lowest BCUT2D eigenvalue weighted by Gasteiger charge is -2.19. The minimum absolute atomic E-state index is 0.0874. The fraction of sp³-hybridized carbons (Fsp3) is 0.630. The second-order valence-electron chi connectivity index (χ2n) is 21.1. The highest BCUT2D eigenvalue weighted by Gasteiger charge is 2.18. The van der Waals surface area contributed by atoms with Gasteiger partial charge < -0.3 is 15.5 Å². The number of carbonyl (C=O) groups excluding carboxylic acids is 1. The lowest BCUT2D eigenvalue weighted by Crippen LogP contribution is -2.45. The number of carbonyl (C=O) groups is 1. The number of hydrogen-bond acceptors (Lipinski definition) is 3. The Bertz CT molecular complexity index is 1630. The van der Waals surface area contributed by atoms with Gasteiger partial charge in [0.25, 0.3) is 0 Å². The molecule has 0 spiro atoms. The SMILES string of the molecule is CC/C=C\C/C=C\C/C=C\C/C=C\C/C=C\C/C=C\C/C=C\C/C=C\C/C=C\C/C=C\CCCCCCCCCCCCC(=O)NC(CO)C(O)/C=C/CC/C=C/CC/C=C/CCCCCCCCCCCCCCCC. The Balaban J connectivity index is 3.64. The van der Waals surface area contributed by atoms with Gasteiger partial charge in [-0.1, -0.05) is 307 Å². The van der Waals surface area contributed by atoms with Gasteiger partial charge in [-0.3, -0.25) is 4.79 Å². The second kappa shape index (κ2) is 66.3. The van der Waals surface area contributed by atoms with Crippen LogP contribution in [-0.4, -0.2) is 34.9 Å². The summed E-state index contributed by atoms with van der Waals surface area (Å²) in [5.41, 5.74) is 0. The molecular formula is C73H121NO3. The normalized spacial score (nSPS) is 13.9. The maximum absolute atomic E-state index is 12.5. The summed E-state index contributed by atoms with van der Waals surface area (Å²) in [6.45, 7) is 4.18. The third-order valence-electron chi connectivity index (χ3n) is 13.7. The maximum atomic E-state index is 12.5. The van der Waals surface area contributed by atoms with E-state index < -0.39 is 12.1 Å². The van der Waals surface area contributed by atoms with Crippen molar-refractivity contribution < 1.29 is 15.0 Å². The summed E-state index contributed by atoms with van der Waals surface area (Å²) in [5, 5.41) is 23.2. The Morgan fingerprint density at radius 1 is 0.325 bits per heavy atom. The summed E-state index contributed by atoms with van der Waals surface area (Å²) >= 11 is 0. The molecule has 0 radical (unpaired) electrons. The first-order valence-electron chi connectivity index (χ1n) is 32.2. The Hall–Kier alpha value is -3.99. The predicted octanol–water partition coefficient (Wildman–Crippen LogP) is 22.1. The van der Waals surface area contributed by atoms with Crippen LogP contribution in [0.4, 0.5) is 0 Å². The van der Waals surface area contributed by atoms with E-state index >= 15 is 0 Å². The number of aliphatic hydroxyl groups is 2. The third kappa shape index (κ3) is 62.7. The maximum Gasteiger partial charge on any atom is 0.220 e. The number of rotatable bonds is 57. The zero-order chi connectivity index (χ0) is 55.5. The van der Waals surface area contributed by atoms with E-state index in [0.29, 0.717) is 6.42 Å². The first kappa shape index (κ1) is 73.0. The van der Waals surface area contributed by atoms with Crippen molar-refractivity contribution in [3.63, 3.8) is 0 Å². The van der Waals surface area contributed by atoms with Crippen LogP contribution in [0.1, 0.15) is 277 Å². The van der Waals surface area contributed by atoms with Gasteiger partial charge in [-0.15, -0.1) is 0 Å². The van der Waals surface area contributed by atoms with Crippen LogP contribution in [0.25, 0.3) is 0 Å². The third-order valence-corrected chi connectivity index (χ3v) is 13.7. The second-order valence-corrected chi connectivity index (χ2v) is 21.1. The highest BCUT2D eigenvalue weighted by molar-refractivity contribution is 5.76. The molecule has 0 aliphatic carbocycles. The van der Waals surface area contributed by atoms with Crippen LogP contribution in [0, 0.1) is 0 Å². The molecule has 0 aromatic rings. The van der Waals surface area contributed by atoms with Crippen molar-refractivity contribution in [2.75, 3.05) is 6.61 Å². The molecule has 0 saturated carbocycles. The number of hydrogen-bond donors (Lipinski definition) is 3. The van der Waals surface area contributed by atoms with E-state index in [4.69, 9.17) is 0 Å². The molecule has 0 aliphatic heterocycles. The molecule has 0 aromatic carbocycles. The molecule has 0 fully saturated rings. The Labute approximate surface area is 477 Å². The van der Waals surface area contributed by atoms with Gasteiger partial charge >= 0.3 is 0 Å². The van der Waals surface area contributed by atoms with Crippen LogP contribution < -0.4 is 5.32 Å². The summed E-state index contributed by atoms with van der Waals surface area (Å²) in [7, 11) is 0. The molecule has 0 heterocycles. The van der Waals surface area contributed by atoms with Crippen LogP contribution >= 0.6 is 0 Å². The van der Waals surface area contributed by atoms with Gasteiger partial charge in [-0.05, 0) is 122 Å². The van der Waals surface area contributed by atoms with Crippen LogP contribution in [0.5, 0.6) is 0 Å². The van der Waals surface area contributed by atoms with Crippen LogP contribution in [-0.2, 0) is 4.79 Å². The van der Waals surface area contributed by atoms with E-state index in [0.717, 1.165) is 109 Å². The van der Waals surface area contributed by atoms with Crippen molar-refractivity contribution in [2.45, 2.75) is 289 Å². The first-order chi connectivity index (χ1) is 38.2. The van der Waals surface area contributed by atoms with E-state index in [9.17, 15) is 15.0 Å². The van der Waals surface area contributed by atoms with Crippen molar-refractivity contribution in [3.8, 4) is 0 Å². The molecule has 436 valence electrons. The smallest absolute Gasteiger partial charge is 0.220 e. The molecule has 0 rings (SSSR count). The lowest BCUT2D eigenvalue weighted by molar-refractivity contribution is -0.123. The molecule has 0 aromatic heterocycles. The van der Waals surface area contributed by atoms with Gasteiger partial charge in [0.05, 0.1) is 18.8 Å². The molecule has 4 heteroatoms. The molecule has 77 heavy (non-hydrogen) atoms. The van der Waals surface area contributed by atoms with Crippen LogP contribution in [0.2, 0.25) is 0 Å². The number of nitrogens with one attached hydrogen (secondary N) is 1. The summed E-state index contributed by atoms with van der Waals surface area (Å²) in [6, 6.07) is -0.660. The van der Waals surface area contributed by atoms with Gasteiger partial charge in [-0.25, -0.2) is 0 Å². The van der Waals surface area contributed by atoms with Crippen molar-refractivity contribution in [1.82, 2.24) is 5.32 Å². The lowest BCUT2D eigenvalue weighted by atomic mass is 10.0. The number of amides is 1. The summed E-state index contributed by atoms with van der Waals surface area (Å²) in [5.74, 6) is -0.0874. The largest absolute Gasteiger partial charge is 0.394 e. The molecule has 2 atom stereocenters. The topological polar surface area (TPSA) is 69.6 Å². The summed E-state index contributed by atoms with van der Waals surface area (Å²) in [4.78, 5) is 12.5. The van der Waals surface area contributed by atoms with E-state index in [2.05, 4.69) is 165 Å². The monoisotopic (exact) mass is 1060 g/mol. The fourth-order valence-corrected chi connectivity index (χ4v) is 8.89. The number of aliphatic hydroxyl groups excluding tert-OH is 2. The molecule has 0 saturated heterocycles. The Morgan fingerprint density at radius 2 is 0.584 bits per heavy atom. The molecule has 1 amide bonds. The quantitative estimate of drug-likeness (QED) is 0.0420. The predicted molar refractivity (Wildman–Crippen MR) is 344 cm³/mol. The van der Waals surface area contributed by atoms with Gasteiger partial charge in [0.15, 0.2) is 0 Å². The van der Waals surface area contributed by atoms with E-state index in [1.165, 1.54) is 148 Å². The van der Waals surface area contributed by atoms with Crippen LogP contribution in [0.15, 0.2) is 158 Å². The van der Waals surface area contributed by atoms with Gasteiger partial charge in [0.1, 0.15) is 0 Å². The number of allylic oxidation sites excluding steroid dienone is 25. The molecular weight excluding hydrogens is 939 g/mol.